The summed E-state index contributed by atoms with van der Waals surface area (Å²) in [6.45, 7) is 1.64. The van der Waals surface area contributed by atoms with E-state index in [0.717, 1.165) is 68.6 Å². The van der Waals surface area contributed by atoms with E-state index in [0.29, 0.717) is 0 Å². The van der Waals surface area contributed by atoms with Gasteiger partial charge in [-0.05, 0) is 84.6 Å². The molecule has 0 atom stereocenters. The number of fused-ring (bicyclic) bond motifs is 2. The smallest absolute Gasteiger partial charge is 0.323 e. The number of thiophene rings is 1. The Labute approximate surface area is 358 Å². The molecule has 0 aliphatic heterocycles. The van der Waals surface area contributed by atoms with Crippen LogP contribution >= 0.6 is 34.9 Å². The molecule has 306 valence electrons. The van der Waals surface area contributed by atoms with Gasteiger partial charge in [-0.3, -0.25) is 9.59 Å². The summed E-state index contributed by atoms with van der Waals surface area (Å²) in [5.74, 6) is -1.83. The third kappa shape index (κ3) is 9.35. The zero-order valence-electron chi connectivity index (χ0n) is 32.2. The average molecular weight is 897 g/mol. The lowest BCUT2D eigenvalue weighted by molar-refractivity contribution is -0.138. The first kappa shape index (κ1) is 42.4. The van der Waals surface area contributed by atoms with E-state index in [1.807, 2.05) is 53.3 Å². The van der Waals surface area contributed by atoms with E-state index in [9.17, 15) is 36.6 Å². The summed E-state index contributed by atoms with van der Waals surface area (Å²) < 4.78 is 50.4. The fraction of sp³-hybridized carbons (Fsp3) is 0.116. The van der Waals surface area contributed by atoms with Gasteiger partial charge < -0.3 is 19.3 Å². The van der Waals surface area contributed by atoms with Crippen LogP contribution in [0, 0.1) is 6.92 Å². The molecule has 8 rings (SSSR count). The number of carbonyl (C=O) groups is 2. The Hall–Kier alpha value is -5.72. The Kier molecular flexibility index (Phi) is 12.4. The molecule has 0 aliphatic carbocycles. The Morgan fingerprint density at radius 2 is 1.25 bits per heavy atom. The molecule has 0 bridgehead atoms. The highest BCUT2D eigenvalue weighted by Crippen LogP contribution is 2.44. The van der Waals surface area contributed by atoms with Gasteiger partial charge in [-0.1, -0.05) is 53.9 Å². The highest BCUT2D eigenvalue weighted by atomic mass is 32.2. The molecule has 4 aromatic heterocycles. The third-order valence-electron chi connectivity index (χ3n) is 9.37. The van der Waals surface area contributed by atoms with Gasteiger partial charge in [-0.25, -0.2) is 26.8 Å². The number of carboxylic acids is 2. The first-order valence-corrected chi connectivity index (χ1v) is 24.3. The number of nitrogens with zero attached hydrogens (tertiary/aromatic N) is 4. The van der Waals surface area contributed by atoms with Gasteiger partial charge in [0.25, 0.3) is 0 Å². The van der Waals surface area contributed by atoms with E-state index in [1.165, 1.54) is 42.4 Å². The number of hydrogen-bond acceptors (Lipinski definition) is 11. The van der Waals surface area contributed by atoms with E-state index in [2.05, 4.69) is 22.1 Å². The van der Waals surface area contributed by atoms with Crippen molar-refractivity contribution in [3.63, 3.8) is 0 Å². The van der Waals surface area contributed by atoms with Crippen LogP contribution in [0.25, 0.3) is 43.4 Å². The maximum absolute atomic E-state index is 11.7. The zero-order valence-corrected chi connectivity index (χ0v) is 36.3. The molecule has 8 aromatic rings. The van der Waals surface area contributed by atoms with Gasteiger partial charge in [0, 0.05) is 83.2 Å². The number of rotatable bonds is 12. The molecular weight excluding hydrogens is 861 g/mol. The predicted molar refractivity (Wildman–Crippen MR) is 236 cm³/mol. The second-order valence-corrected chi connectivity index (χ2v) is 20.8. The van der Waals surface area contributed by atoms with Crippen molar-refractivity contribution in [3.05, 3.63) is 133 Å². The maximum atomic E-state index is 11.7. The average Bonchev–Trinajstić information content (AvgIpc) is 3.93. The Morgan fingerprint density at radius 1 is 0.683 bits per heavy atom. The minimum Gasteiger partial charge on any atom is -0.480 e. The number of aromatic nitrogens is 4. The predicted octanol–water partition coefficient (Wildman–Crippen LogP) is 9.06. The van der Waals surface area contributed by atoms with Crippen LogP contribution in [0.3, 0.4) is 0 Å². The highest BCUT2D eigenvalue weighted by Gasteiger charge is 2.21. The lowest BCUT2D eigenvalue weighted by atomic mass is 10.0. The lowest BCUT2D eigenvalue weighted by Crippen LogP contribution is -2.09. The zero-order chi connectivity index (χ0) is 42.8. The lowest BCUT2D eigenvalue weighted by Gasteiger charge is -2.07. The molecule has 0 fully saturated rings. The summed E-state index contributed by atoms with van der Waals surface area (Å²) in [6, 6.07) is 29.1. The van der Waals surface area contributed by atoms with Crippen molar-refractivity contribution in [2.75, 3.05) is 12.5 Å². The topological polar surface area (TPSA) is 179 Å². The van der Waals surface area contributed by atoms with Gasteiger partial charge in [-0.2, -0.15) is 0 Å². The molecule has 4 heterocycles. The molecular formula is C43H36N4O8S5. The van der Waals surface area contributed by atoms with Crippen LogP contribution in [-0.4, -0.2) is 70.6 Å². The molecule has 2 N–H and O–H groups in total. The van der Waals surface area contributed by atoms with Crippen molar-refractivity contribution in [1.82, 2.24) is 19.1 Å². The third-order valence-corrected chi connectivity index (χ3v) is 14.8. The van der Waals surface area contributed by atoms with Crippen LogP contribution in [0.1, 0.15) is 5.69 Å². The van der Waals surface area contributed by atoms with Crippen molar-refractivity contribution >= 4 is 88.3 Å². The minimum atomic E-state index is -3.27. The van der Waals surface area contributed by atoms with Crippen LogP contribution in [0.5, 0.6) is 0 Å². The van der Waals surface area contributed by atoms with Crippen molar-refractivity contribution in [1.29, 1.82) is 0 Å². The summed E-state index contributed by atoms with van der Waals surface area (Å²) in [5.41, 5.74) is 5.31. The molecule has 0 saturated carbocycles. The molecule has 0 radical (unpaired) electrons. The number of hydrogen-bond donors (Lipinski definition) is 2. The van der Waals surface area contributed by atoms with Crippen LogP contribution in [0.15, 0.2) is 157 Å². The van der Waals surface area contributed by atoms with Gasteiger partial charge in [0.05, 0.1) is 20.8 Å². The number of aliphatic carboxylic acids is 2. The minimum absolute atomic E-state index is 0.121. The summed E-state index contributed by atoms with van der Waals surface area (Å²) in [4.78, 5) is 36.3. The quantitative estimate of drug-likeness (QED) is 0.119. The number of carboxylic acid groups (broad SMARTS) is 2. The second kappa shape index (κ2) is 17.5. The Balaban J connectivity index is 0.000000181. The maximum Gasteiger partial charge on any atom is 0.323 e. The first-order valence-electron chi connectivity index (χ1n) is 18.0. The largest absolute Gasteiger partial charge is 0.480 e. The van der Waals surface area contributed by atoms with Crippen molar-refractivity contribution in [3.8, 4) is 21.6 Å². The van der Waals surface area contributed by atoms with Gasteiger partial charge >= 0.3 is 11.9 Å². The number of benzene rings is 4. The second-order valence-electron chi connectivity index (χ2n) is 13.6. The SMILES string of the molecule is CS(=O)(=O)c1ccc(Sc2cn(CC(=O)O)c3cccc(-c4cncnc4)c23)cc1.Cc1c(Sc2ccc(S(C)(=O)=O)cc2)c2c(-c3cccs3)cccc2n1CC(=O)O. The van der Waals surface area contributed by atoms with Gasteiger partial charge in [-0.15, -0.1) is 11.3 Å². The van der Waals surface area contributed by atoms with E-state index < -0.39 is 31.6 Å². The fourth-order valence-electron chi connectivity index (χ4n) is 6.69. The van der Waals surface area contributed by atoms with E-state index in [4.69, 9.17) is 0 Å². The van der Waals surface area contributed by atoms with E-state index in [-0.39, 0.29) is 22.9 Å². The molecule has 60 heavy (non-hydrogen) atoms. The van der Waals surface area contributed by atoms with E-state index in [1.54, 1.807) is 83.0 Å². The summed E-state index contributed by atoms with van der Waals surface area (Å²) >= 11 is 4.60. The van der Waals surface area contributed by atoms with Gasteiger partial charge in [0.1, 0.15) is 19.4 Å². The molecule has 0 unspecified atom stereocenters. The normalized spacial score (nSPS) is 11.7. The molecule has 17 heteroatoms. The van der Waals surface area contributed by atoms with E-state index >= 15 is 0 Å². The van der Waals surface area contributed by atoms with Crippen molar-refractivity contribution in [2.24, 2.45) is 0 Å². The highest BCUT2D eigenvalue weighted by molar-refractivity contribution is 8.00. The summed E-state index contributed by atoms with van der Waals surface area (Å²) in [5, 5.41) is 22.7. The summed E-state index contributed by atoms with van der Waals surface area (Å²) in [6.07, 6.45) is 9.05. The standard InChI is InChI=1S/C22H19NO4S3.C21H17N3O4S2/c1-14-22(29-15-8-10-16(11-9-15)30(2,26)27)21-17(19-7-4-12-28-19)5-3-6-18(21)23(14)13-20(24)25;1-30(27,28)16-7-5-15(6-8-16)29-19-11-24(12-20(25)26)18-4-2-3-17(21(18)19)14-9-22-13-23-10-14/h3-12H,13H2,1-2H3,(H,24,25);2-11,13H,12H2,1H3,(H,25,26). The fourth-order valence-corrected chi connectivity index (χ4v) is 10.8. The van der Waals surface area contributed by atoms with Gasteiger partial charge in [0.15, 0.2) is 19.7 Å². The Morgan fingerprint density at radius 3 is 1.80 bits per heavy atom. The monoisotopic (exact) mass is 896 g/mol. The number of sulfone groups is 2. The molecule has 0 aliphatic rings. The molecule has 0 saturated heterocycles. The molecule has 0 amide bonds. The Bertz CT molecular complexity index is 3090. The van der Waals surface area contributed by atoms with Crippen LogP contribution < -0.4 is 0 Å². The molecule has 4 aromatic carbocycles. The molecule has 12 nitrogen and oxygen atoms in total. The van der Waals surface area contributed by atoms with Crippen LogP contribution in [0.2, 0.25) is 0 Å². The van der Waals surface area contributed by atoms with Crippen LogP contribution in [0.4, 0.5) is 0 Å². The van der Waals surface area contributed by atoms with Crippen LogP contribution in [-0.2, 0) is 42.4 Å². The van der Waals surface area contributed by atoms with Gasteiger partial charge in [0.2, 0.25) is 0 Å². The first-order chi connectivity index (χ1) is 28.6. The van der Waals surface area contributed by atoms with Crippen molar-refractivity contribution < 1.29 is 36.6 Å². The van der Waals surface area contributed by atoms with Crippen molar-refractivity contribution in [2.45, 2.75) is 49.4 Å². The summed E-state index contributed by atoms with van der Waals surface area (Å²) in [7, 11) is -6.53. The molecule has 0 spiro atoms.